The van der Waals surface area contributed by atoms with Crippen LogP contribution < -0.4 is 10.6 Å². The van der Waals surface area contributed by atoms with Crippen molar-refractivity contribution in [1.82, 2.24) is 4.90 Å². The SMILES string of the molecule is Cc1cccc(Cl)c1NC(=O)C1N(CCCO)C(=O)[C@@H]2[C@@H](C(=O)Nc3ccccc3)[C@@H]3OC12CC3Br. The number of benzene rings is 2. The third-order valence-corrected chi connectivity index (χ3v) is 8.57. The van der Waals surface area contributed by atoms with Gasteiger partial charge in [0, 0.05) is 23.7 Å². The number of aliphatic hydroxyl groups is 1. The van der Waals surface area contributed by atoms with E-state index in [0.717, 1.165) is 5.56 Å². The van der Waals surface area contributed by atoms with Gasteiger partial charge in [-0.25, -0.2) is 0 Å². The molecular formula is C26H27BrClN3O5. The smallest absolute Gasteiger partial charge is 0.250 e. The molecule has 0 radical (unpaired) electrons. The minimum absolute atomic E-state index is 0.137. The number of fused-ring (bicyclic) bond motifs is 1. The highest BCUT2D eigenvalue weighted by Crippen LogP contribution is 2.60. The maximum Gasteiger partial charge on any atom is 0.250 e. The molecule has 36 heavy (non-hydrogen) atoms. The number of para-hydroxylation sites is 2. The summed E-state index contributed by atoms with van der Waals surface area (Å²) in [6.07, 6.45) is 0.143. The first-order valence-electron chi connectivity index (χ1n) is 11.9. The van der Waals surface area contributed by atoms with Crippen molar-refractivity contribution >= 4 is 56.6 Å². The van der Waals surface area contributed by atoms with Gasteiger partial charge in [-0.3, -0.25) is 14.4 Å². The average Bonchev–Trinajstić information content (AvgIpc) is 3.44. The number of aryl methyl sites for hydroxylation is 1. The number of hydrogen-bond donors (Lipinski definition) is 3. The second kappa shape index (κ2) is 9.78. The molecule has 3 amide bonds. The fourth-order valence-electron chi connectivity index (χ4n) is 5.94. The quantitative estimate of drug-likeness (QED) is 0.438. The van der Waals surface area contributed by atoms with Crippen molar-refractivity contribution in [2.24, 2.45) is 11.8 Å². The Morgan fingerprint density at radius 1 is 1.17 bits per heavy atom. The van der Waals surface area contributed by atoms with Crippen LogP contribution in [0.1, 0.15) is 18.4 Å². The van der Waals surface area contributed by atoms with E-state index in [0.29, 0.717) is 29.2 Å². The highest BCUT2D eigenvalue weighted by Gasteiger charge is 2.76. The predicted molar refractivity (Wildman–Crippen MR) is 139 cm³/mol. The van der Waals surface area contributed by atoms with Crippen molar-refractivity contribution in [3.8, 4) is 0 Å². The Kier molecular flexibility index (Phi) is 6.84. The number of hydrogen-bond acceptors (Lipinski definition) is 5. The van der Waals surface area contributed by atoms with Gasteiger partial charge in [0.1, 0.15) is 11.6 Å². The van der Waals surface area contributed by atoms with Gasteiger partial charge < -0.3 is 25.4 Å². The normalized spacial score (nSPS) is 30.4. The Morgan fingerprint density at radius 2 is 1.92 bits per heavy atom. The first kappa shape index (κ1) is 25.2. The van der Waals surface area contributed by atoms with E-state index in [1.807, 2.05) is 31.2 Å². The second-order valence-corrected chi connectivity index (χ2v) is 11.1. The monoisotopic (exact) mass is 575 g/mol. The maximum atomic E-state index is 13.8. The van der Waals surface area contributed by atoms with Crippen molar-refractivity contribution in [3.05, 3.63) is 59.1 Å². The van der Waals surface area contributed by atoms with Crippen LogP contribution in [0.15, 0.2) is 48.5 Å². The van der Waals surface area contributed by atoms with Crippen LogP contribution in [0.4, 0.5) is 11.4 Å². The molecule has 6 atom stereocenters. The van der Waals surface area contributed by atoms with Crippen molar-refractivity contribution in [1.29, 1.82) is 0 Å². The topological polar surface area (TPSA) is 108 Å². The summed E-state index contributed by atoms with van der Waals surface area (Å²) in [6.45, 7) is 1.87. The van der Waals surface area contributed by atoms with Gasteiger partial charge in [0.2, 0.25) is 17.7 Å². The summed E-state index contributed by atoms with van der Waals surface area (Å²) in [5.74, 6) is -2.64. The minimum atomic E-state index is -1.18. The van der Waals surface area contributed by atoms with E-state index in [4.69, 9.17) is 16.3 Å². The fraction of sp³-hybridized carbons (Fsp3) is 0.423. The molecule has 5 rings (SSSR count). The van der Waals surface area contributed by atoms with Crippen molar-refractivity contribution in [2.45, 2.75) is 42.3 Å². The third kappa shape index (κ3) is 4.02. The highest BCUT2D eigenvalue weighted by atomic mass is 79.9. The molecule has 3 aliphatic rings. The number of halogens is 2. The Bertz CT molecular complexity index is 1180. The lowest BCUT2D eigenvalue weighted by Crippen LogP contribution is -2.54. The van der Waals surface area contributed by atoms with Gasteiger partial charge in [-0.1, -0.05) is 57.9 Å². The lowest BCUT2D eigenvalue weighted by molar-refractivity contribution is -0.139. The Hall–Kier alpha value is -2.46. The number of nitrogens with zero attached hydrogens (tertiary/aromatic N) is 1. The molecule has 3 aliphatic heterocycles. The summed E-state index contributed by atoms with van der Waals surface area (Å²) in [5, 5.41) is 15.7. The lowest BCUT2D eigenvalue weighted by Gasteiger charge is -2.34. The number of rotatable bonds is 7. The molecule has 3 unspecified atom stereocenters. The molecule has 2 aromatic rings. The Balaban J connectivity index is 1.50. The van der Waals surface area contributed by atoms with E-state index in [1.54, 1.807) is 24.3 Å². The number of carbonyl (C=O) groups excluding carboxylic acids is 3. The van der Waals surface area contributed by atoms with Crippen LogP contribution in [0.25, 0.3) is 0 Å². The number of nitrogens with one attached hydrogen (secondary N) is 2. The molecule has 3 N–H and O–H groups in total. The maximum absolute atomic E-state index is 13.8. The standard InChI is InChI=1S/C26H27BrClN3O5/c1-14-7-5-10-17(28)20(14)30-24(34)22-26-13-16(27)21(36-26)18(19(26)25(35)31(22)11-6-12-32)23(33)29-15-8-3-2-4-9-15/h2-5,7-10,16,18-19,21-22,32H,6,11-13H2,1H3,(H,29,33)(H,30,34)/t16?,18-,19+,21-,22?,26?/m1/s1. The van der Waals surface area contributed by atoms with E-state index < -0.39 is 35.5 Å². The van der Waals surface area contributed by atoms with Crippen LogP contribution in [0.2, 0.25) is 5.02 Å². The van der Waals surface area contributed by atoms with Crippen LogP contribution >= 0.6 is 27.5 Å². The van der Waals surface area contributed by atoms with Gasteiger partial charge in [0.25, 0.3) is 0 Å². The molecule has 8 nitrogen and oxygen atoms in total. The Labute approximate surface area is 222 Å². The van der Waals surface area contributed by atoms with E-state index in [9.17, 15) is 19.5 Å². The lowest BCUT2D eigenvalue weighted by atomic mass is 9.70. The van der Waals surface area contributed by atoms with Gasteiger partial charge >= 0.3 is 0 Å². The molecule has 0 aliphatic carbocycles. The molecule has 2 aromatic carbocycles. The molecule has 0 saturated carbocycles. The zero-order valence-corrected chi connectivity index (χ0v) is 22.0. The molecular weight excluding hydrogens is 550 g/mol. The van der Waals surface area contributed by atoms with Crippen molar-refractivity contribution < 1.29 is 24.2 Å². The molecule has 0 aromatic heterocycles. The van der Waals surface area contributed by atoms with Gasteiger partial charge in [-0.2, -0.15) is 0 Å². The van der Waals surface area contributed by atoms with Crippen LogP contribution in [0.5, 0.6) is 0 Å². The van der Waals surface area contributed by atoms with Crippen LogP contribution in [-0.2, 0) is 19.1 Å². The number of aliphatic hydroxyl groups excluding tert-OH is 1. The summed E-state index contributed by atoms with van der Waals surface area (Å²) in [7, 11) is 0. The zero-order valence-electron chi connectivity index (χ0n) is 19.6. The van der Waals surface area contributed by atoms with E-state index in [2.05, 4.69) is 26.6 Å². The summed E-state index contributed by atoms with van der Waals surface area (Å²) in [5.41, 5.74) is 0.700. The number of amides is 3. The number of carbonyl (C=O) groups is 3. The molecule has 3 fully saturated rings. The molecule has 1 spiro atoms. The third-order valence-electron chi connectivity index (χ3n) is 7.41. The van der Waals surface area contributed by atoms with Gasteiger partial charge in [-0.05, 0) is 43.5 Å². The summed E-state index contributed by atoms with van der Waals surface area (Å²) >= 11 is 10.0. The van der Waals surface area contributed by atoms with Crippen LogP contribution in [-0.4, -0.2) is 63.5 Å². The van der Waals surface area contributed by atoms with Gasteiger partial charge in [0.05, 0.1) is 28.6 Å². The number of likely N-dealkylation sites (tertiary alicyclic amines) is 1. The summed E-state index contributed by atoms with van der Waals surface area (Å²) in [4.78, 5) is 42.4. The number of ether oxygens (including phenoxy) is 1. The largest absolute Gasteiger partial charge is 0.396 e. The van der Waals surface area contributed by atoms with Gasteiger partial charge in [0.15, 0.2) is 0 Å². The molecule has 3 heterocycles. The summed E-state index contributed by atoms with van der Waals surface area (Å²) < 4.78 is 6.45. The summed E-state index contributed by atoms with van der Waals surface area (Å²) in [6, 6.07) is 13.4. The average molecular weight is 577 g/mol. The molecule has 2 bridgehead atoms. The van der Waals surface area contributed by atoms with Crippen molar-refractivity contribution in [3.63, 3.8) is 0 Å². The zero-order chi connectivity index (χ0) is 25.6. The number of anilines is 2. The fourth-order valence-corrected chi connectivity index (χ4v) is 7.15. The van der Waals surface area contributed by atoms with E-state index in [-0.39, 0.29) is 29.8 Å². The minimum Gasteiger partial charge on any atom is -0.396 e. The van der Waals surface area contributed by atoms with E-state index in [1.165, 1.54) is 4.90 Å². The predicted octanol–water partition coefficient (Wildman–Crippen LogP) is 3.36. The second-order valence-electron chi connectivity index (χ2n) is 9.55. The Morgan fingerprint density at radius 3 is 2.61 bits per heavy atom. The first-order valence-corrected chi connectivity index (χ1v) is 13.2. The molecule has 10 heteroatoms. The highest BCUT2D eigenvalue weighted by molar-refractivity contribution is 9.09. The molecule has 3 saturated heterocycles. The van der Waals surface area contributed by atoms with E-state index >= 15 is 0 Å². The molecule has 190 valence electrons. The van der Waals surface area contributed by atoms with Crippen LogP contribution in [0.3, 0.4) is 0 Å². The first-order chi connectivity index (χ1) is 17.3. The van der Waals surface area contributed by atoms with Gasteiger partial charge in [-0.15, -0.1) is 0 Å². The number of alkyl halides is 1. The van der Waals surface area contributed by atoms with Crippen molar-refractivity contribution in [2.75, 3.05) is 23.8 Å². The van der Waals surface area contributed by atoms with Crippen LogP contribution in [0, 0.1) is 18.8 Å².